The molecule has 2 bridgehead atoms. The van der Waals surface area contributed by atoms with Gasteiger partial charge in [0.05, 0.1) is 18.8 Å². The first-order chi connectivity index (χ1) is 18.9. The second-order valence-electron chi connectivity index (χ2n) is 12.5. The number of carbonyl (C=O) groups is 1. The zero-order valence-corrected chi connectivity index (χ0v) is 24.8. The van der Waals surface area contributed by atoms with E-state index in [9.17, 15) is 20.1 Å². The van der Waals surface area contributed by atoms with E-state index >= 15 is 0 Å². The zero-order chi connectivity index (χ0) is 29.2. The molecular weight excluding hydrogens is 512 g/mol. The maximum atomic E-state index is 13.9. The van der Waals surface area contributed by atoms with Crippen molar-refractivity contribution in [2.24, 2.45) is 17.8 Å². The van der Waals surface area contributed by atoms with Crippen molar-refractivity contribution in [1.82, 2.24) is 0 Å². The summed E-state index contributed by atoms with van der Waals surface area (Å²) in [5, 5.41) is 33.8. The third-order valence-corrected chi connectivity index (χ3v) is 9.30. The molecule has 1 spiro atoms. The van der Waals surface area contributed by atoms with E-state index in [0.717, 1.165) is 12.8 Å². The summed E-state index contributed by atoms with van der Waals surface area (Å²) in [5.74, 6) is -2.15. The second kappa shape index (κ2) is 12.6. The number of hydrogen-bond acceptors (Lipinski definition) is 8. The van der Waals surface area contributed by atoms with Gasteiger partial charge >= 0.3 is 5.97 Å². The second-order valence-corrected chi connectivity index (χ2v) is 12.5. The molecule has 0 amide bonds. The molecule has 0 aromatic carbocycles. The average molecular weight is 561 g/mol. The van der Waals surface area contributed by atoms with Gasteiger partial charge in [0.2, 0.25) is 0 Å². The number of hydrogen-bond donors (Lipinski definition) is 3. The SMILES string of the molecule is CO[C@@H]1C(C)=C[C@H]2C(=O)O[C@H]3C[C@@H](C/C=C(\C)C[C@@H](C)/C=C/C=C(\CO)[C@]2(O)C1O)O[C@@]1(CC[C@H](C)[C@H](C)O1)C3. The van der Waals surface area contributed by atoms with Crippen molar-refractivity contribution in [3.05, 3.63) is 47.1 Å². The van der Waals surface area contributed by atoms with Gasteiger partial charge in [-0.05, 0) is 63.0 Å². The van der Waals surface area contributed by atoms with Crippen LogP contribution in [0.5, 0.6) is 0 Å². The fraction of sp³-hybridized carbons (Fsp3) is 0.719. The van der Waals surface area contributed by atoms with Gasteiger partial charge in [-0.1, -0.05) is 49.8 Å². The van der Waals surface area contributed by atoms with Crippen LogP contribution in [0, 0.1) is 17.8 Å². The van der Waals surface area contributed by atoms with Gasteiger partial charge in [0.25, 0.3) is 0 Å². The minimum Gasteiger partial charge on any atom is -0.462 e. The molecule has 4 aliphatic rings. The van der Waals surface area contributed by atoms with Gasteiger partial charge in [-0.25, -0.2) is 0 Å². The van der Waals surface area contributed by atoms with Gasteiger partial charge in [0.15, 0.2) is 5.79 Å². The Kier molecular flexibility index (Phi) is 9.80. The Morgan fingerprint density at radius 1 is 1.15 bits per heavy atom. The number of allylic oxidation sites excluding steroid dienone is 4. The molecule has 0 saturated carbocycles. The van der Waals surface area contributed by atoms with Crippen LogP contribution in [0.4, 0.5) is 0 Å². The number of ether oxygens (including phenoxy) is 4. The van der Waals surface area contributed by atoms with Crippen LogP contribution in [0.25, 0.3) is 0 Å². The molecule has 4 rings (SSSR count). The van der Waals surface area contributed by atoms with Crippen LogP contribution in [0.15, 0.2) is 47.1 Å². The number of aliphatic hydroxyl groups excluding tert-OH is 2. The van der Waals surface area contributed by atoms with E-state index in [1.54, 1.807) is 25.2 Å². The molecule has 1 aliphatic carbocycles. The molecule has 10 atom stereocenters. The van der Waals surface area contributed by atoms with E-state index in [4.69, 9.17) is 18.9 Å². The third kappa shape index (κ3) is 6.32. The Bertz CT molecular complexity index is 1050. The number of methoxy groups -OCH3 is 1. The van der Waals surface area contributed by atoms with Crippen molar-refractivity contribution < 1.29 is 39.1 Å². The summed E-state index contributed by atoms with van der Waals surface area (Å²) in [6, 6.07) is 0. The van der Waals surface area contributed by atoms with E-state index in [1.807, 2.05) is 6.08 Å². The van der Waals surface area contributed by atoms with Gasteiger partial charge in [0, 0.05) is 26.4 Å². The molecular formula is C32H48O8. The molecule has 2 saturated heterocycles. The molecule has 3 heterocycles. The van der Waals surface area contributed by atoms with E-state index in [-0.39, 0.29) is 23.7 Å². The topological polar surface area (TPSA) is 115 Å². The van der Waals surface area contributed by atoms with E-state index < -0.39 is 48.2 Å². The Labute approximate surface area is 238 Å². The van der Waals surface area contributed by atoms with Gasteiger partial charge < -0.3 is 34.3 Å². The summed E-state index contributed by atoms with van der Waals surface area (Å²) in [7, 11) is 1.44. The zero-order valence-electron chi connectivity index (χ0n) is 24.8. The molecule has 0 radical (unpaired) electrons. The van der Waals surface area contributed by atoms with Crippen LogP contribution in [0.2, 0.25) is 0 Å². The van der Waals surface area contributed by atoms with Crippen molar-refractivity contribution in [2.75, 3.05) is 13.7 Å². The number of carbonyl (C=O) groups excluding carboxylic acids is 1. The molecule has 0 aromatic heterocycles. The first-order valence-corrected chi connectivity index (χ1v) is 14.7. The Hall–Kier alpha value is -1.81. The summed E-state index contributed by atoms with van der Waals surface area (Å²) < 4.78 is 24.7. The predicted molar refractivity (Wildman–Crippen MR) is 151 cm³/mol. The number of rotatable bonds is 2. The van der Waals surface area contributed by atoms with Crippen LogP contribution in [0.3, 0.4) is 0 Å². The summed E-state index contributed by atoms with van der Waals surface area (Å²) in [6.07, 6.45) is 10.2. The molecule has 8 nitrogen and oxygen atoms in total. The van der Waals surface area contributed by atoms with Gasteiger partial charge in [-0.15, -0.1) is 0 Å². The monoisotopic (exact) mass is 560 g/mol. The summed E-state index contributed by atoms with van der Waals surface area (Å²) >= 11 is 0. The molecule has 2 fully saturated rings. The molecule has 3 aliphatic heterocycles. The lowest BCUT2D eigenvalue weighted by Crippen LogP contribution is -2.61. The number of esters is 1. The highest BCUT2D eigenvalue weighted by molar-refractivity contribution is 5.78. The number of fused-ring (bicyclic) bond motifs is 3. The third-order valence-electron chi connectivity index (χ3n) is 9.30. The van der Waals surface area contributed by atoms with Crippen LogP contribution in [0.1, 0.15) is 73.1 Å². The van der Waals surface area contributed by atoms with Crippen LogP contribution in [-0.4, -0.2) is 76.9 Å². The van der Waals surface area contributed by atoms with Crippen LogP contribution >= 0.6 is 0 Å². The highest BCUT2D eigenvalue weighted by Crippen LogP contribution is 2.44. The Morgan fingerprint density at radius 3 is 2.58 bits per heavy atom. The average Bonchev–Trinajstić information content (AvgIpc) is 2.89. The van der Waals surface area contributed by atoms with Crippen molar-refractivity contribution in [3.63, 3.8) is 0 Å². The largest absolute Gasteiger partial charge is 0.462 e. The summed E-state index contributed by atoms with van der Waals surface area (Å²) in [5.41, 5.74) is -0.169. The van der Waals surface area contributed by atoms with Crippen molar-refractivity contribution in [3.8, 4) is 0 Å². The highest BCUT2D eigenvalue weighted by Gasteiger charge is 2.56. The summed E-state index contributed by atoms with van der Waals surface area (Å²) in [4.78, 5) is 13.9. The van der Waals surface area contributed by atoms with Gasteiger partial charge in [-0.2, -0.15) is 0 Å². The quantitative estimate of drug-likeness (QED) is 0.341. The van der Waals surface area contributed by atoms with Crippen molar-refractivity contribution in [2.45, 2.75) is 115 Å². The smallest absolute Gasteiger partial charge is 0.316 e. The molecule has 0 aromatic rings. The Balaban J connectivity index is 1.76. The van der Waals surface area contributed by atoms with E-state index in [1.165, 1.54) is 12.7 Å². The van der Waals surface area contributed by atoms with Gasteiger partial charge in [-0.3, -0.25) is 4.79 Å². The normalized spacial score (nSPS) is 46.7. The highest BCUT2D eigenvalue weighted by atomic mass is 16.7. The number of aliphatic hydroxyl groups is 3. The lowest BCUT2D eigenvalue weighted by Gasteiger charge is -2.49. The standard InChI is InChI=1S/C32H48O8/c1-19-8-7-9-24(18-33)32(36)27(15-22(4)28(37-6)29(32)34)30(35)38-26-16-25(11-10-20(2)14-19)40-31(17-26)13-12-21(3)23(5)39-31/h7-10,15,19,21,23,25-29,33-34,36H,11-14,16-18H2,1-6H3/b8-7+,20-10+,24-9+/t19-,21-,23-,25+,26-,27-,28+,29?,31-,32+/m0/s1. The van der Waals surface area contributed by atoms with E-state index in [2.05, 4.69) is 33.8 Å². The van der Waals surface area contributed by atoms with Crippen LogP contribution < -0.4 is 0 Å². The maximum Gasteiger partial charge on any atom is 0.316 e. The minimum atomic E-state index is -2.12. The molecule has 40 heavy (non-hydrogen) atoms. The first kappa shape index (κ1) is 31.1. The molecule has 1 unspecified atom stereocenters. The first-order valence-electron chi connectivity index (χ1n) is 14.7. The van der Waals surface area contributed by atoms with Crippen molar-refractivity contribution >= 4 is 5.97 Å². The fourth-order valence-electron chi connectivity index (χ4n) is 6.79. The van der Waals surface area contributed by atoms with Gasteiger partial charge in [0.1, 0.15) is 29.8 Å². The Morgan fingerprint density at radius 2 is 1.90 bits per heavy atom. The molecule has 3 N–H and O–H groups in total. The van der Waals surface area contributed by atoms with E-state index in [0.29, 0.717) is 37.2 Å². The molecule has 224 valence electrons. The minimum absolute atomic E-state index is 0.0130. The summed E-state index contributed by atoms with van der Waals surface area (Å²) in [6.45, 7) is 9.63. The fourth-order valence-corrected chi connectivity index (χ4v) is 6.79. The maximum absolute atomic E-state index is 13.9. The molecule has 8 heteroatoms. The lowest BCUT2D eigenvalue weighted by molar-refractivity contribution is -0.332. The lowest BCUT2D eigenvalue weighted by atomic mass is 9.69. The van der Waals surface area contributed by atoms with Crippen LogP contribution in [-0.2, 0) is 23.7 Å². The predicted octanol–water partition coefficient (Wildman–Crippen LogP) is 4.14. The van der Waals surface area contributed by atoms with Crippen molar-refractivity contribution in [1.29, 1.82) is 0 Å².